The van der Waals surface area contributed by atoms with Crippen LogP contribution in [0.25, 0.3) is 21.9 Å². The van der Waals surface area contributed by atoms with Crippen LogP contribution in [0.3, 0.4) is 0 Å². The molecule has 0 spiro atoms. The molecule has 21 heavy (non-hydrogen) atoms. The number of nitrogens with one attached hydrogen (secondary N) is 1. The summed E-state index contributed by atoms with van der Waals surface area (Å²) < 4.78 is 2.88. The minimum absolute atomic E-state index is 0.735. The van der Waals surface area contributed by atoms with Gasteiger partial charge in [0.25, 0.3) is 0 Å². The van der Waals surface area contributed by atoms with Crippen LogP contribution in [-0.2, 0) is 13.0 Å². The van der Waals surface area contributed by atoms with Crippen molar-refractivity contribution in [3.05, 3.63) is 51.8 Å². The number of aromatic amines is 1. The van der Waals surface area contributed by atoms with E-state index in [0.29, 0.717) is 0 Å². The predicted molar refractivity (Wildman–Crippen MR) is 88.2 cm³/mol. The fraction of sp³-hybridized carbons (Fsp3) is 0.133. The Hall–Kier alpha value is -2.05. The van der Waals surface area contributed by atoms with Gasteiger partial charge in [0.2, 0.25) is 0 Å². The highest BCUT2D eigenvalue weighted by Gasteiger charge is 2.09. The zero-order chi connectivity index (χ0) is 14.2. The molecular weight excluding hydrogens is 300 g/mol. The Morgan fingerprint density at radius 3 is 3.00 bits per heavy atom. The summed E-state index contributed by atoms with van der Waals surface area (Å²) in [6.45, 7) is 0.816. The Balaban J connectivity index is 1.88. The lowest BCUT2D eigenvalue weighted by Gasteiger charge is -2.05. The molecule has 0 fully saturated rings. The molecule has 1 N–H and O–H groups in total. The van der Waals surface area contributed by atoms with E-state index in [0.717, 1.165) is 45.4 Å². The van der Waals surface area contributed by atoms with E-state index in [1.807, 2.05) is 29.9 Å². The number of imidazole rings is 1. The lowest BCUT2D eigenvalue weighted by atomic mass is 10.2. The molecule has 0 saturated carbocycles. The standard InChI is InChI=1S/C15H12N4S2/c20-15-18-13-7-16-12-4-2-1-3-11(12)14(13)19(15)6-5-10-8-21-9-17-10/h1-4,7-9H,5-6H2,(H,18,20). The zero-order valence-electron chi connectivity index (χ0n) is 11.1. The number of para-hydroxylation sites is 1. The molecule has 0 atom stereocenters. The first-order chi connectivity index (χ1) is 10.3. The molecule has 3 aromatic heterocycles. The molecular formula is C15H12N4S2. The van der Waals surface area contributed by atoms with Crippen LogP contribution in [0.1, 0.15) is 5.69 Å². The van der Waals surface area contributed by atoms with Gasteiger partial charge in [-0.1, -0.05) is 18.2 Å². The van der Waals surface area contributed by atoms with Crippen molar-refractivity contribution in [2.45, 2.75) is 13.0 Å². The first kappa shape index (κ1) is 12.7. The second-order valence-electron chi connectivity index (χ2n) is 4.85. The molecule has 0 aliphatic rings. The number of H-pyrrole nitrogens is 1. The highest BCUT2D eigenvalue weighted by atomic mass is 32.1. The van der Waals surface area contributed by atoms with Crippen LogP contribution in [0.2, 0.25) is 0 Å². The van der Waals surface area contributed by atoms with Gasteiger partial charge in [-0.15, -0.1) is 11.3 Å². The molecule has 0 radical (unpaired) electrons. The lowest BCUT2D eigenvalue weighted by molar-refractivity contribution is 0.699. The van der Waals surface area contributed by atoms with Gasteiger partial charge >= 0.3 is 0 Å². The van der Waals surface area contributed by atoms with Crippen molar-refractivity contribution >= 4 is 45.5 Å². The molecule has 104 valence electrons. The first-order valence-corrected chi connectivity index (χ1v) is 8.01. The van der Waals surface area contributed by atoms with Gasteiger partial charge in [-0.25, -0.2) is 4.98 Å². The van der Waals surface area contributed by atoms with Gasteiger partial charge in [0, 0.05) is 23.7 Å². The van der Waals surface area contributed by atoms with E-state index in [9.17, 15) is 0 Å². The Labute approximate surface area is 130 Å². The van der Waals surface area contributed by atoms with E-state index in [-0.39, 0.29) is 0 Å². The number of fused-ring (bicyclic) bond motifs is 3. The highest BCUT2D eigenvalue weighted by molar-refractivity contribution is 7.71. The average molecular weight is 312 g/mol. The Morgan fingerprint density at radius 2 is 2.14 bits per heavy atom. The Bertz CT molecular complexity index is 966. The third kappa shape index (κ3) is 2.16. The molecule has 0 saturated heterocycles. The van der Waals surface area contributed by atoms with Crippen LogP contribution < -0.4 is 0 Å². The minimum Gasteiger partial charge on any atom is -0.329 e. The van der Waals surface area contributed by atoms with Crippen LogP contribution in [0.4, 0.5) is 0 Å². The summed E-state index contributed by atoms with van der Waals surface area (Å²) in [5, 5.41) is 3.21. The fourth-order valence-corrected chi connectivity index (χ4v) is 3.48. The normalized spacial score (nSPS) is 11.4. The monoisotopic (exact) mass is 312 g/mol. The van der Waals surface area contributed by atoms with Crippen molar-refractivity contribution < 1.29 is 0 Å². The second-order valence-corrected chi connectivity index (χ2v) is 5.95. The van der Waals surface area contributed by atoms with Crippen molar-refractivity contribution in [1.82, 2.24) is 19.5 Å². The Morgan fingerprint density at radius 1 is 1.24 bits per heavy atom. The number of hydrogen-bond donors (Lipinski definition) is 1. The Kier molecular flexibility index (Phi) is 3.05. The van der Waals surface area contributed by atoms with Crippen molar-refractivity contribution in [1.29, 1.82) is 0 Å². The topological polar surface area (TPSA) is 46.5 Å². The van der Waals surface area contributed by atoms with E-state index >= 15 is 0 Å². The number of rotatable bonds is 3. The van der Waals surface area contributed by atoms with Gasteiger partial charge in [0.1, 0.15) is 0 Å². The van der Waals surface area contributed by atoms with Crippen LogP contribution >= 0.6 is 23.6 Å². The van der Waals surface area contributed by atoms with Gasteiger partial charge in [0.15, 0.2) is 4.77 Å². The molecule has 0 unspecified atom stereocenters. The molecule has 4 rings (SSSR count). The third-order valence-corrected chi connectivity index (χ3v) is 4.54. The smallest absolute Gasteiger partial charge is 0.178 e. The summed E-state index contributed by atoms with van der Waals surface area (Å²) in [4.78, 5) is 12.1. The summed E-state index contributed by atoms with van der Waals surface area (Å²) in [5.74, 6) is 0. The van der Waals surface area contributed by atoms with Crippen molar-refractivity contribution in [3.63, 3.8) is 0 Å². The summed E-state index contributed by atoms with van der Waals surface area (Å²) in [6, 6.07) is 8.15. The van der Waals surface area contributed by atoms with Gasteiger partial charge < -0.3 is 9.55 Å². The maximum atomic E-state index is 5.47. The minimum atomic E-state index is 0.735. The van der Waals surface area contributed by atoms with Gasteiger partial charge in [-0.05, 0) is 18.3 Å². The molecule has 0 aliphatic heterocycles. The number of nitrogens with zero attached hydrogens (tertiary/aromatic N) is 3. The molecule has 1 aromatic carbocycles. The first-order valence-electron chi connectivity index (χ1n) is 6.66. The van der Waals surface area contributed by atoms with E-state index in [2.05, 4.69) is 31.0 Å². The summed E-state index contributed by atoms with van der Waals surface area (Å²) >= 11 is 7.10. The van der Waals surface area contributed by atoms with Crippen LogP contribution in [0.15, 0.2) is 41.4 Å². The van der Waals surface area contributed by atoms with Crippen LogP contribution in [0, 0.1) is 4.77 Å². The zero-order valence-corrected chi connectivity index (χ0v) is 12.7. The van der Waals surface area contributed by atoms with Crippen LogP contribution in [-0.4, -0.2) is 19.5 Å². The third-order valence-electron chi connectivity index (χ3n) is 3.58. The fourth-order valence-electron chi connectivity index (χ4n) is 2.59. The highest BCUT2D eigenvalue weighted by Crippen LogP contribution is 2.23. The number of thiazole rings is 1. The van der Waals surface area contributed by atoms with E-state index in [1.54, 1.807) is 11.3 Å². The van der Waals surface area contributed by atoms with Gasteiger partial charge in [-0.2, -0.15) is 0 Å². The molecule has 0 bridgehead atoms. The number of benzene rings is 1. The molecule has 4 aromatic rings. The van der Waals surface area contributed by atoms with E-state index in [4.69, 9.17) is 12.2 Å². The number of aryl methyl sites for hydroxylation is 2. The molecule has 3 heterocycles. The van der Waals surface area contributed by atoms with Crippen LogP contribution in [0.5, 0.6) is 0 Å². The van der Waals surface area contributed by atoms with E-state index < -0.39 is 0 Å². The number of aromatic nitrogens is 4. The molecule has 0 amide bonds. The van der Waals surface area contributed by atoms with E-state index in [1.165, 1.54) is 0 Å². The van der Waals surface area contributed by atoms with Crippen molar-refractivity contribution in [2.24, 2.45) is 0 Å². The molecule has 0 aliphatic carbocycles. The molecule has 4 nitrogen and oxygen atoms in total. The predicted octanol–water partition coefficient (Wildman–Crippen LogP) is 3.95. The van der Waals surface area contributed by atoms with Crippen molar-refractivity contribution in [3.8, 4) is 0 Å². The lowest BCUT2D eigenvalue weighted by Crippen LogP contribution is -2.02. The number of pyridine rings is 1. The number of hydrogen-bond acceptors (Lipinski definition) is 4. The quantitative estimate of drug-likeness (QED) is 0.583. The SMILES string of the molecule is S=c1[nH]c2cnc3ccccc3c2n1CCc1cscn1. The maximum absolute atomic E-state index is 5.47. The summed E-state index contributed by atoms with van der Waals surface area (Å²) in [7, 11) is 0. The molecule has 6 heteroatoms. The summed E-state index contributed by atoms with van der Waals surface area (Å²) in [6.07, 6.45) is 2.73. The largest absolute Gasteiger partial charge is 0.329 e. The second kappa shape index (κ2) is 5.05. The maximum Gasteiger partial charge on any atom is 0.178 e. The van der Waals surface area contributed by atoms with Gasteiger partial charge in [0.05, 0.1) is 34.0 Å². The van der Waals surface area contributed by atoms with Crippen molar-refractivity contribution in [2.75, 3.05) is 0 Å². The average Bonchev–Trinajstić information content (AvgIpc) is 3.12. The summed E-state index contributed by atoms with van der Waals surface area (Å²) in [5.41, 5.74) is 6.07. The van der Waals surface area contributed by atoms with Gasteiger partial charge in [-0.3, -0.25) is 4.98 Å².